The maximum Gasteiger partial charge on any atom is 0.247 e. The molecule has 11 heteroatoms. The minimum absolute atomic E-state index is 0.0255. The van der Waals surface area contributed by atoms with Crippen LogP contribution in [-0.4, -0.2) is 75.4 Å². The first kappa shape index (κ1) is 25.5. The molecular weight excluding hydrogens is 491 g/mol. The highest BCUT2D eigenvalue weighted by atomic mass is 32.2. The van der Waals surface area contributed by atoms with Crippen LogP contribution in [0.4, 0.5) is 9.52 Å². The monoisotopic (exact) mass is 520 g/mol. The number of benzene rings is 2. The minimum Gasteiger partial charge on any atom is -0.494 e. The van der Waals surface area contributed by atoms with E-state index < -0.39 is 21.9 Å². The molecule has 1 fully saturated rings. The lowest BCUT2D eigenvalue weighted by Crippen LogP contribution is -2.48. The SMILES string of the molecule is COc1cccc2sc(N(CCCN(C)C)C(=O)C3CCCN3S(=O)(=O)c3ccc(F)cc3)nc12. The van der Waals surface area contributed by atoms with E-state index in [9.17, 15) is 17.6 Å². The van der Waals surface area contributed by atoms with E-state index in [1.165, 1.54) is 27.8 Å². The second-order valence-electron chi connectivity index (χ2n) is 8.68. The van der Waals surface area contributed by atoms with Crippen LogP contribution in [0.25, 0.3) is 10.2 Å². The van der Waals surface area contributed by atoms with Crippen LogP contribution in [0.2, 0.25) is 0 Å². The number of carbonyl (C=O) groups is 1. The van der Waals surface area contributed by atoms with Gasteiger partial charge in [0.25, 0.3) is 0 Å². The molecule has 188 valence electrons. The first-order valence-corrected chi connectivity index (χ1v) is 13.6. The van der Waals surface area contributed by atoms with E-state index in [0.717, 1.165) is 23.4 Å². The van der Waals surface area contributed by atoms with Gasteiger partial charge in [0.2, 0.25) is 15.9 Å². The van der Waals surface area contributed by atoms with Gasteiger partial charge < -0.3 is 9.64 Å². The first-order valence-electron chi connectivity index (χ1n) is 11.4. The summed E-state index contributed by atoms with van der Waals surface area (Å²) in [5.41, 5.74) is 0.669. The number of ether oxygens (including phenoxy) is 1. The van der Waals surface area contributed by atoms with Crippen molar-refractivity contribution in [2.45, 2.75) is 30.2 Å². The molecule has 2 heterocycles. The van der Waals surface area contributed by atoms with Crippen molar-refractivity contribution in [2.24, 2.45) is 0 Å². The Morgan fingerprint density at radius 1 is 1.20 bits per heavy atom. The van der Waals surface area contributed by atoms with Gasteiger partial charge in [0.1, 0.15) is 23.1 Å². The number of thiazole rings is 1. The molecule has 0 saturated carbocycles. The van der Waals surface area contributed by atoms with Crippen LogP contribution < -0.4 is 9.64 Å². The molecule has 1 saturated heterocycles. The van der Waals surface area contributed by atoms with Crippen molar-refractivity contribution < 1.29 is 22.3 Å². The summed E-state index contributed by atoms with van der Waals surface area (Å²) >= 11 is 1.38. The number of hydrogen-bond acceptors (Lipinski definition) is 7. The molecule has 4 rings (SSSR count). The fourth-order valence-corrected chi connectivity index (χ4v) is 6.90. The molecule has 8 nitrogen and oxygen atoms in total. The first-order chi connectivity index (χ1) is 16.7. The number of aromatic nitrogens is 1. The highest BCUT2D eigenvalue weighted by molar-refractivity contribution is 7.89. The van der Waals surface area contributed by atoms with Crippen molar-refractivity contribution in [2.75, 3.05) is 45.7 Å². The summed E-state index contributed by atoms with van der Waals surface area (Å²) in [5, 5.41) is 0.513. The predicted octanol–water partition coefficient (Wildman–Crippen LogP) is 3.58. The highest BCUT2D eigenvalue weighted by Crippen LogP contribution is 2.36. The van der Waals surface area contributed by atoms with Crippen LogP contribution in [0.5, 0.6) is 5.75 Å². The molecule has 2 aromatic carbocycles. The number of nitrogens with zero attached hydrogens (tertiary/aromatic N) is 4. The zero-order valence-electron chi connectivity index (χ0n) is 20.0. The summed E-state index contributed by atoms with van der Waals surface area (Å²) < 4.78 is 47.6. The van der Waals surface area contributed by atoms with E-state index in [2.05, 4.69) is 0 Å². The number of rotatable bonds is 9. The number of carbonyl (C=O) groups excluding carboxylic acids is 1. The minimum atomic E-state index is -3.96. The lowest BCUT2D eigenvalue weighted by atomic mass is 10.2. The largest absolute Gasteiger partial charge is 0.494 e. The van der Waals surface area contributed by atoms with Gasteiger partial charge in [-0.05, 0) is 76.3 Å². The molecule has 1 atom stereocenters. The zero-order chi connectivity index (χ0) is 25.2. The van der Waals surface area contributed by atoms with E-state index in [-0.39, 0.29) is 17.3 Å². The fraction of sp³-hybridized carbons (Fsp3) is 0.417. The Bertz CT molecular complexity index is 1290. The van der Waals surface area contributed by atoms with Gasteiger partial charge in [0.15, 0.2) is 5.13 Å². The Morgan fingerprint density at radius 2 is 1.94 bits per heavy atom. The fourth-order valence-electron chi connectivity index (χ4n) is 4.23. The van der Waals surface area contributed by atoms with Crippen molar-refractivity contribution in [3.05, 3.63) is 48.3 Å². The van der Waals surface area contributed by atoms with Crippen molar-refractivity contribution in [1.29, 1.82) is 0 Å². The summed E-state index contributed by atoms with van der Waals surface area (Å²) in [6.07, 6.45) is 1.68. The summed E-state index contributed by atoms with van der Waals surface area (Å²) in [6.45, 7) is 1.40. The molecule has 1 aliphatic rings. The molecule has 0 spiro atoms. The zero-order valence-corrected chi connectivity index (χ0v) is 21.6. The summed E-state index contributed by atoms with van der Waals surface area (Å²) in [4.78, 5) is 22.2. The Morgan fingerprint density at radius 3 is 2.63 bits per heavy atom. The molecule has 0 radical (unpaired) electrons. The van der Waals surface area contributed by atoms with E-state index in [4.69, 9.17) is 9.72 Å². The predicted molar refractivity (Wildman–Crippen MR) is 135 cm³/mol. The van der Waals surface area contributed by atoms with Crippen molar-refractivity contribution >= 4 is 42.6 Å². The van der Waals surface area contributed by atoms with Gasteiger partial charge in [0.05, 0.1) is 16.7 Å². The number of halogens is 1. The Labute approximate surface area is 209 Å². The van der Waals surface area contributed by atoms with Crippen LogP contribution in [0.15, 0.2) is 47.4 Å². The number of fused-ring (bicyclic) bond motifs is 1. The molecule has 35 heavy (non-hydrogen) atoms. The molecule has 1 aliphatic heterocycles. The Kier molecular flexibility index (Phi) is 7.70. The van der Waals surface area contributed by atoms with Crippen LogP contribution in [0, 0.1) is 5.82 Å². The lowest BCUT2D eigenvalue weighted by Gasteiger charge is -2.29. The van der Waals surface area contributed by atoms with Gasteiger partial charge >= 0.3 is 0 Å². The quantitative estimate of drug-likeness (QED) is 0.429. The normalized spacial score (nSPS) is 16.8. The average molecular weight is 521 g/mol. The molecule has 3 aromatic rings. The van der Waals surface area contributed by atoms with Crippen molar-refractivity contribution in [3.8, 4) is 5.75 Å². The van der Waals surface area contributed by atoms with Crippen molar-refractivity contribution in [3.63, 3.8) is 0 Å². The molecule has 0 N–H and O–H groups in total. The van der Waals surface area contributed by atoms with Gasteiger partial charge in [-0.2, -0.15) is 4.31 Å². The molecule has 0 bridgehead atoms. The van der Waals surface area contributed by atoms with Crippen LogP contribution in [-0.2, 0) is 14.8 Å². The maximum atomic E-state index is 13.9. The number of amides is 1. The molecule has 1 aromatic heterocycles. The third-order valence-electron chi connectivity index (χ3n) is 5.98. The van der Waals surface area contributed by atoms with Gasteiger partial charge in [0, 0.05) is 13.1 Å². The summed E-state index contributed by atoms with van der Waals surface area (Å²) in [5.74, 6) is -0.201. The Hall–Kier alpha value is -2.60. The third kappa shape index (κ3) is 5.32. The maximum absolute atomic E-state index is 13.9. The molecule has 1 unspecified atom stereocenters. The van der Waals surface area contributed by atoms with Gasteiger partial charge in [-0.3, -0.25) is 9.69 Å². The van der Waals surface area contributed by atoms with Crippen LogP contribution in [0.1, 0.15) is 19.3 Å². The number of para-hydroxylation sites is 1. The van der Waals surface area contributed by atoms with Gasteiger partial charge in [-0.1, -0.05) is 17.4 Å². The topological polar surface area (TPSA) is 83.0 Å². The number of sulfonamides is 1. The smallest absolute Gasteiger partial charge is 0.247 e. The summed E-state index contributed by atoms with van der Waals surface area (Å²) in [6, 6.07) is 9.45. The van der Waals surface area contributed by atoms with Gasteiger partial charge in [-0.15, -0.1) is 0 Å². The Balaban J connectivity index is 1.67. The van der Waals surface area contributed by atoms with Crippen LogP contribution >= 0.6 is 11.3 Å². The van der Waals surface area contributed by atoms with Crippen LogP contribution in [0.3, 0.4) is 0 Å². The average Bonchev–Trinajstić information content (AvgIpc) is 3.49. The third-order valence-corrected chi connectivity index (χ3v) is 8.95. The lowest BCUT2D eigenvalue weighted by molar-refractivity contribution is -0.121. The van der Waals surface area contributed by atoms with Gasteiger partial charge in [-0.25, -0.2) is 17.8 Å². The molecule has 0 aliphatic carbocycles. The van der Waals surface area contributed by atoms with E-state index in [1.54, 1.807) is 12.0 Å². The standard InChI is InChI=1S/C24H29FN4O4S2/c1-27(2)14-6-15-28(24-26-22-20(33-3)8-4-9-21(22)34-24)23(30)19-7-5-16-29(19)35(31,32)18-12-10-17(25)11-13-18/h4,8-13,19H,5-7,14-16H2,1-3H3. The second kappa shape index (κ2) is 10.6. The summed E-state index contributed by atoms with van der Waals surface area (Å²) in [7, 11) is 1.54. The van der Waals surface area contributed by atoms with E-state index in [1.807, 2.05) is 37.2 Å². The van der Waals surface area contributed by atoms with Crippen molar-refractivity contribution in [1.82, 2.24) is 14.2 Å². The van der Waals surface area contributed by atoms with E-state index in [0.29, 0.717) is 42.2 Å². The second-order valence-corrected chi connectivity index (χ2v) is 11.6. The highest BCUT2D eigenvalue weighted by Gasteiger charge is 2.42. The molecular formula is C24H29FN4O4S2. The number of methoxy groups -OCH3 is 1. The number of hydrogen-bond donors (Lipinski definition) is 0. The number of anilines is 1. The van der Waals surface area contributed by atoms with E-state index >= 15 is 0 Å². The molecule has 1 amide bonds.